The minimum Gasteiger partial charge on any atom is -0.479 e. The second-order valence-electron chi connectivity index (χ2n) is 2.27. The number of carbonyl (C=O) groups is 1. The molecule has 5 heteroatoms. The molecule has 66 valence electrons. The fourth-order valence-electron chi connectivity index (χ4n) is 0.565. The molecule has 5 nitrogen and oxygen atoms in total. The Morgan fingerprint density at radius 3 is 2.18 bits per heavy atom. The average Bonchev–Trinajstić information content (AvgIpc) is 1.99. The Balaban J connectivity index is 3.45. The van der Waals surface area contributed by atoms with Gasteiger partial charge < -0.3 is 20.4 Å². The molecule has 0 aromatic rings. The van der Waals surface area contributed by atoms with E-state index in [1.807, 2.05) is 0 Å². The normalized spacial score (nSPS) is 15.9. The van der Waals surface area contributed by atoms with Gasteiger partial charge in [-0.15, -0.1) is 0 Å². The Labute approximate surface area is 63.9 Å². The Kier molecular flexibility index (Phi) is 4.76. The van der Waals surface area contributed by atoms with Gasteiger partial charge in [-0.05, 0) is 12.8 Å². The van der Waals surface area contributed by atoms with Crippen LogP contribution in [0.15, 0.2) is 0 Å². The quantitative estimate of drug-likeness (QED) is 0.399. The van der Waals surface area contributed by atoms with E-state index in [0.717, 1.165) is 0 Å². The molecular weight excluding hydrogens is 152 g/mol. The zero-order valence-electron chi connectivity index (χ0n) is 5.97. The van der Waals surface area contributed by atoms with Crippen molar-refractivity contribution in [1.82, 2.24) is 0 Å². The first-order chi connectivity index (χ1) is 5.07. The lowest BCUT2D eigenvalue weighted by molar-refractivity contribution is -0.147. The van der Waals surface area contributed by atoms with Crippen LogP contribution in [-0.4, -0.2) is 45.2 Å². The lowest BCUT2D eigenvalue weighted by atomic mass is 10.1. The van der Waals surface area contributed by atoms with E-state index in [9.17, 15) is 4.79 Å². The second-order valence-corrected chi connectivity index (χ2v) is 2.27. The van der Waals surface area contributed by atoms with Crippen LogP contribution in [0.3, 0.4) is 0 Å². The van der Waals surface area contributed by atoms with Crippen LogP contribution in [0.5, 0.6) is 0 Å². The third-order valence-electron chi connectivity index (χ3n) is 1.27. The molecule has 0 saturated heterocycles. The molecule has 0 aliphatic heterocycles. The van der Waals surface area contributed by atoms with Crippen molar-refractivity contribution >= 4 is 5.97 Å². The van der Waals surface area contributed by atoms with Crippen LogP contribution < -0.4 is 0 Å². The van der Waals surface area contributed by atoms with Gasteiger partial charge in [-0.2, -0.15) is 0 Å². The van der Waals surface area contributed by atoms with Crippen molar-refractivity contribution in [3.63, 3.8) is 0 Å². The van der Waals surface area contributed by atoms with E-state index in [2.05, 4.69) is 0 Å². The molecular formula is C6H12O5. The van der Waals surface area contributed by atoms with E-state index in [-0.39, 0.29) is 12.8 Å². The van der Waals surface area contributed by atoms with Crippen LogP contribution >= 0.6 is 0 Å². The Bertz CT molecular complexity index is 124. The number of carboxylic acids is 1. The number of hydrogen-bond donors (Lipinski definition) is 4. The summed E-state index contributed by atoms with van der Waals surface area (Å²) >= 11 is 0. The fraction of sp³-hybridized carbons (Fsp3) is 0.833. The molecule has 0 aliphatic rings. The van der Waals surface area contributed by atoms with E-state index in [4.69, 9.17) is 20.4 Å². The lowest BCUT2D eigenvalue weighted by Gasteiger charge is -2.08. The zero-order chi connectivity index (χ0) is 8.85. The lowest BCUT2D eigenvalue weighted by Crippen LogP contribution is -2.22. The topological polar surface area (TPSA) is 98.0 Å². The summed E-state index contributed by atoms with van der Waals surface area (Å²) in [5.74, 6) is -1.31. The molecule has 0 rings (SSSR count). The van der Waals surface area contributed by atoms with Gasteiger partial charge in [0.2, 0.25) is 0 Å². The molecule has 0 unspecified atom stereocenters. The maximum Gasteiger partial charge on any atom is 0.332 e. The summed E-state index contributed by atoms with van der Waals surface area (Å²) in [4.78, 5) is 10.0. The molecule has 0 saturated carbocycles. The third-order valence-corrected chi connectivity index (χ3v) is 1.27. The maximum atomic E-state index is 10.0. The van der Waals surface area contributed by atoms with Gasteiger partial charge in [0.15, 0.2) is 6.10 Å². The predicted octanol–water partition coefficient (Wildman–Crippen LogP) is -1.43. The van der Waals surface area contributed by atoms with E-state index in [1.54, 1.807) is 0 Å². The van der Waals surface area contributed by atoms with Crippen molar-refractivity contribution in [1.29, 1.82) is 0 Å². The minimum atomic E-state index is -1.45. The monoisotopic (exact) mass is 164 g/mol. The molecule has 4 N–H and O–H groups in total. The summed E-state index contributed by atoms with van der Waals surface area (Å²) in [6, 6.07) is 0. The predicted molar refractivity (Wildman–Crippen MR) is 36.0 cm³/mol. The molecule has 0 spiro atoms. The van der Waals surface area contributed by atoms with E-state index in [1.165, 1.54) is 0 Å². The first-order valence-corrected chi connectivity index (χ1v) is 3.27. The minimum absolute atomic E-state index is 0.0446. The molecule has 0 bridgehead atoms. The first-order valence-electron chi connectivity index (χ1n) is 3.27. The summed E-state index contributed by atoms with van der Waals surface area (Å²) in [6.45, 7) is -0.410. The highest BCUT2D eigenvalue weighted by atomic mass is 16.4. The molecule has 0 aromatic carbocycles. The van der Waals surface area contributed by atoms with E-state index in [0.29, 0.717) is 0 Å². The standard InChI is InChI=1S/C6H12O5/c7-3-4(8)1-2-5(9)6(10)11/h4-5,7-9H,1-3H2,(H,10,11)/t4-,5+/m0/s1. The van der Waals surface area contributed by atoms with Gasteiger partial charge in [0.05, 0.1) is 12.7 Å². The number of aliphatic hydroxyl groups is 3. The number of aliphatic carboxylic acids is 1. The summed E-state index contributed by atoms with van der Waals surface area (Å²) in [6.07, 6.45) is -2.35. The largest absolute Gasteiger partial charge is 0.479 e. The number of rotatable bonds is 5. The third kappa shape index (κ3) is 4.72. The molecule has 0 fully saturated rings. The van der Waals surface area contributed by atoms with Gasteiger partial charge >= 0.3 is 5.97 Å². The molecule has 11 heavy (non-hydrogen) atoms. The Morgan fingerprint density at radius 2 is 1.82 bits per heavy atom. The molecule has 0 radical (unpaired) electrons. The summed E-state index contributed by atoms with van der Waals surface area (Å²) in [7, 11) is 0. The van der Waals surface area contributed by atoms with Crippen LogP contribution in [0.4, 0.5) is 0 Å². The zero-order valence-corrected chi connectivity index (χ0v) is 5.97. The second kappa shape index (κ2) is 5.06. The van der Waals surface area contributed by atoms with E-state index < -0.39 is 24.8 Å². The maximum absolute atomic E-state index is 10.0. The molecule has 0 aromatic heterocycles. The van der Waals surface area contributed by atoms with Crippen LogP contribution in [-0.2, 0) is 4.79 Å². The van der Waals surface area contributed by atoms with Gasteiger partial charge in [-0.1, -0.05) is 0 Å². The fourth-order valence-corrected chi connectivity index (χ4v) is 0.565. The van der Waals surface area contributed by atoms with Crippen molar-refractivity contribution in [2.45, 2.75) is 25.0 Å². The van der Waals surface area contributed by atoms with Gasteiger partial charge in [-0.3, -0.25) is 0 Å². The van der Waals surface area contributed by atoms with Crippen LogP contribution in [0.25, 0.3) is 0 Å². The van der Waals surface area contributed by atoms with E-state index >= 15 is 0 Å². The van der Waals surface area contributed by atoms with Crippen molar-refractivity contribution in [2.24, 2.45) is 0 Å². The number of hydrogen-bond acceptors (Lipinski definition) is 4. The molecule has 0 heterocycles. The Hall–Kier alpha value is -0.650. The van der Waals surface area contributed by atoms with Crippen LogP contribution in [0, 0.1) is 0 Å². The summed E-state index contributed by atoms with van der Waals surface area (Å²) in [5, 5.41) is 33.9. The van der Waals surface area contributed by atoms with Gasteiger partial charge in [0, 0.05) is 0 Å². The Morgan fingerprint density at radius 1 is 1.27 bits per heavy atom. The van der Waals surface area contributed by atoms with Gasteiger partial charge in [0.25, 0.3) is 0 Å². The van der Waals surface area contributed by atoms with Crippen molar-refractivity contribution in [2.75, 3.05) is 6.61 Å². The highest BCUT2D eigenvalue weighted by Gasteiger charge is 2.14. The number of aliphatic hydroxyl groups excluding tert-OH is 3. The number of carboxylic acid groups (broad SMARTS) is 1. The summed E-state index contributed by atoms with van der Waals surface area (Å²) < 4.78 is 0. The van der Waals surface area contributed by atoms with Gasteiger partial charge in [0.1, 0.15) is 0 Å². The van der Waals surface area contributed by atoms with Crippen molar-refractivity contribution in [3.8, 4) is 0 Å². The molecule has 0 aliphatic carbocycles. The smallest absolute Gasteiger partial charge is 0.332 e. The highest BCUT2D eigenvalue weighted by molar-refractivity contribution is 5.71. The van der Waals surface area contributed by atoms with Gasteiger partial charge in [-0.25, -0.2) is 4.79 Å². The summed E-state index contributed by atoms with van der Waals surface area (Å²) in [5.41, 5.74) is 0. The van der Waals surface area contributed by atoms with Crippen LogP contribution in [0.1, 0.15) is 12.8 Å². The van der Waals surface area contributed by atoms with Crippen LogP contribution in [0.2, 0.25) is 0 Å². The van der Waals surface area contributed by atoms with Crippen molar-refractivity contribution < 1.29 is 25.2 Å². The average molecular weight is 164 g/mol. The highest BCUT2D eigenvalue weighted by Crippen LogP contribution is 2.00. The van der Waals surface area contributed by atoms with Crippen molar-refractivity contribution in [3.05, 3.63) is 0 Å². The first kappa shape index (κ1) is 10.3. The molecule has 2 atom stereocenters. The molecule has 0 amide bonds. The SMILES string of the molecule is O=C(O)[C@H](O)CC[C@H](O)CO.